The molecule has 162 valence electrons. The van der Waals surface area contributed by atoms with Gasteiger partial charge in [-0.2, -0.15) is 0 Å². The zero-order chi connectivity index (χ0) is 22.3. The van der Waals surface area contributed by atoms with Crippen molar-refractivity contribution >= 4 is 31.9 Å². The highest BCUT2D eigenvalue weighted by molar-refractivity contribution is 9.10. The van der Waals surface area contributed by atoms with Crippen molar-refractivity contribution in [3.8, 4) is 33.8 Å². The van der Waals surface area contributed by atoms with E-state index in [0.29, 0.717) is 11.5 Å². The first-order valence-corrected chi connectivity index (χ1v) is 11.8. The summed E-state index contributed by atoms with van der Waals surface area (Å²) in [5, 5.41) is 10.2. The Morgan fingerprint density at radius 3 is 1.09 bits per heavy atom. The van der Waals surface area contributed by atoms with E-state index in [4.69, 9.17) is 9.47 Å². The number of ether oxygens (including phenoxy) is 2. The minimum atomic E-state index is -0.729. The zero-order valence-electron chi connectivity index (χ0n) is 17.2. The summed E-state index contributed by atoms with van der Waals surface area (Å²) in [6.45, 7) is 0.323. The van der Waals surface area contributed by atoms with E-state index in [2.05, 4.69) is 56.1 Å². The summed E-state index contributed by atoms with van der Waals surface area (Å²) in [6, 6.07) is 32.0. The van der Waals surface area contributed by atoms with Gasteiger partial charge >= 0.3 is 0 Å². The number of benzene rings is 4. The van der Waals surface area contributed by atoms with Gasteiger partial charge in [-0.15, -0.1) is 0 Å². The molecule has 4 aromatic carbocycles. The molecule has 0 atom stereocenters. The average Bonchev–Trinajstić information content (AvgIpc) is 2.83. The first-order chi connectivity index (χ1) is 15.6. The van der Waals surface area contributed by atoms with Gasteiger partial charge in [0.2, 0.25) is 0 Å². The Balaban J connectivity index is 1.24. The maximum absolute atomic E-state index is 10.2. The van der Waals surface area contributed by atoms with Gasteiger partial charge in [-0.3, -0.25) is 0 Å². The van der Waals surface area contributed by atoms with Crippen molar-refractivity contribution in [2.24, 2.45) is 0 Å². The fourth-order valence-corrected chi connectivity index (χ4v) is 3.73. The van der Waals surface area contributed by atoms with Crippen LogP contribution < -0.4 is 9.47 Å². The van der Waals surface area contributed by atoms with Crippen LogP contribution in [0, 0.1) is 0 Å². The lowest BCUT2D eigenvalue weighted by atomic mass is 10.1. The number of hydrogen-bond acceptors (Lipinski definition) is 3. The van der Waals surface area contributed by atoms with Crippen LogP contribution in [0.1, 0.15) is 0 Å². The highest BCUT2D eigenvalue weighted by Crippen LogP contribution is 2.25. The van der Waals surface area contributed by atoms with Gasteiger partial charge in [0.25, 0.3) is 0 Å². The van der Waals surface area contributed by atoms with Crippen molar-refractivity contribution < 1.29 is 14.6 Å². The van der Waals surface area contributed by atoms with Crippen LogP contribution in [0.15, 0.2) is 106 Å². The highest BCUT2D eigenvalue weighted by atomic mass is 79.9. The number of aliphatic hydroxyl groups excluding tert-OH is 1. The van der Waals surface area contributed by atoms with Crippen molar-refractivity contribution in [1.29, 1.82) is 0 Å². The number of halogens is 2. The van der Waals surface area contributed by atoms with E-state index in [-0.39, 0.29) is 13.2 Å². The average molecular weight is 554 g/mol. The van der Waals surface area contributed by atoms with Crippen LogP contribution in [0.4, 0.5) is 0 Å². The topological polar surface area (TPSA) is 38.7 Å². The standard InChI is InChI=1S/C27H22Br2O3/c28-23-9-1-19(2-10-23)21-5-13-26(14-6-21)31-17-25(30)18-32-27-15-7-22(8-16-27)20-3-11-24(29)12-4-20/h1-16,25,30H,17-18H2. The molecule has 0 saturated carbocycles. The third-order valence-electron chi connectivity index (χ3n) is 4.95. The SMILES string of the molecule is OC(COc1ccc(-c2ccc(Br)cc2)cc1)COc1ccc(-c2ccc(Br)cc2)cc1. The lowest BCUT2D eigenvalue weighted by Crippen LogP contribution is -2.25. The molecule has 3 nitrogen and oxygen atoms in total. The second-order valence-electron chi connectivity index (χ2n) is 7.34. The van der Waals surface area contributed by atoms with Crippen molar-refractivity contribution in [1.82, 2.24) is 0 Å². The second kappa shape index (κ2) is 10.8. The maximum Gasteiger partial charge on any atom is 0.122 e. The molecule has 0 heterocycles. The van der Waals surface area contributed by atoms with E-state index in [1.54, 1.807) is 0 Å². The molecule has 1 N–H and O–H groups in total. The predicted octanol–water partition coefficient (Wildman–Crippen LogP) is 7.36. The van der Waals surface area contributed by atoms with Crippen LogP contribution in [-0.4, -0.2) is 24.4 Å². The molecule has 32 heavy (non-hydrogen) atoms. The Hall–Kier alpha value is -2.60. The molecular weight excluding hydrogens is 532 g/mol. The molecule has 0 aliphatic heterocycles. The molecule has 0 amide bonds. The normalized spacial score (nSPS) is 10.9. The largest absolute Gasteiger partial charge is 0.491 e. The van der Waals surface area contributed by atoms with Gasteiger partial charge in [0.05, 0.1) is 0 Å². The minimum Gasteiger partial charge on any atom is -0.491 e. The summed E-state index contributed by atoms with van der Waals surface area (Å²) >= 11 is 6.90. The summed E-state index contributed by atoms with van der Waals surface area (Å²) < 4.78 is 13.5. The van der Waals surface area contributed by atoms with Gasteiger partial charge in [-0.05, 0) is 70.8 Å². The van der Waals surface area contributed by atoms with Crippen molar-refractivity contribution in [3.05, 3.63) is 106 Å². The Morgan fingerprint density at radius 1 is 0.500 bits per heavy atom. The fourth-order valence-electron chi connectivity index (χ4n) is 3.20. The second-order valence-corrected chi connectivity index (χ2v) is 9.17. The van der Waals surface area contributed by atoms with Crippen molar-refractivity contribution in [2.75, 3.05) is 13.2 Å². The summed E-state index contributed by atoms with van der Waals surface area (Å²) in [7, 11) is 0. The van der Waals surface area contributed by atoms with Crippen LogP contribution in [0.5, 0.6) is 11.5 Å². The Kier molecular flexibility index (Phi) is 7.63. The molecule has 0 unspecified atom stereocenters. The molecule has 5 heteroatoms. The number of aliphatic hydroxyl groups is 1. The summed E-state index contributed by atoms with van der Waals surface area (Å²) in [5.41, 5.74) is 4.50. The van der Waals surface area contributed by atoms with Crippen LogP contribution >= 0.6 is 31.9 Å². The highest BCUT2D eigenvalue weighted by Gasteiger charge is 2.08. The first kappa shape index (κ1) is 22.6. The molecule has 0 saturated heterocycles. The van der Waals surface area contributed by atoms with Crippen LogP contribution in [0.3, 0.4) is 0 Å². The van der Waals surface area contributed by atoms with Gasteiger partial charge in [-0.25, -0.2) is 0 Å². The van der Waals surface area contributed by atoms with Crippen LogP contribution in [-0.2, 0) is 0 Å². The lowest BCUT2D eigenvalue weighted by molar-refractivity contribution is 0.0626. The maximum atomic E-state index is 10.2. The van der Waals surface area contributed by atoms with Gasteiger partial charge < -0.3 is 14.6 Å². The van der Waals surface area contributed by atoms with E-state index in [1.165, 1.54) is 0 Å². The predicted molar refractivity (Wildman–Crippen MR) is 136 cm³/mol. The van der Waals surface area contributed by atoms with Crippen LogP contribution in [0.2, 0.25) is 0 Å². The Morgan fingerprint density at radius 2 is 0.781 bits per heavy atom. The van der Waals surface area contributed by atoms with Gasteiger partial charge in [-0.1, -0.05) is 80.4 Å². The monoisotopic (exact) mass is 552 g/mol. The Labute approximate surface area is 204 Å². The van der Waals surface area contributed by atoms with E-state index in [0.717, 1.165) is 31.2 Å². The molecule has 0 aromatic heterocycles. The van der Waals surface area contributed by atoms with E-state index in [9.17, 15) is 5.11 Å². The van der Waals surface area contributed by atoms with E-state index >= 15 is 0 Å². The van der Waals surface area contributed by atoms with Gasteiger partial charge in [0, 0.05) is 8.95 Å². The lowest BCUT2D eigenvalue weighted by Gasteiger charge is -2.14. The molecule has 0 radical (unpaired) electrons. The summed E-state index contributed by atoms with van der Waals surface area (Å²) in [6.07, 6.45) is -0.729. The van der Waals surface area contributed by atoms with Gasteiger partial charge in [0.15, 0.2) is 0 Å². The molecular formula is C27H22Br2O3. The molecule has 0 aliphatic rings. The van der Waals surface area contributed by atoms with Crippen LogP contribution in [0.25, 0.3) is 22.3 Å². The van der Waals surface area contributed by atoms with Crippen molar-refractivity contribution in [2.45, 2.75) is 6.10 Å². The smallest absolute Gasteiger partial charge is 0.122 e. The number of rotatable bonds is 8. The Bertz CT molecular complexity index is 1030. The minimum absolute atomic E-state index is 0.161. The zero-order valence-corrected chi connectivity index (χ0v) is 20.4. The number of hydrogen-bond donors (Lipinski definition) is 1. The molecule has 0 fully saturated rings. The molecule has 4 aromatic rings. The van der Waals surface area contributed by atoms with E-state index in [1.807, 2.05) is 72.8 Å². The quantitative estimate of drug-likeness (QED) is 0.247. The molecule has 4 rings (SSSR count). The summed E-state index contributed by atoms with van der Waals surface area (Å²) in [4.78, 5) is 0. The van der Waals surface area contributed by atoms with E-state index < -0.39 is 6.10 Å². The third-order valence-corrected chi connectivity index (χ3v) is 6.01. The van der Waals surface area contributed by atoms with Gasteiger partial charge in [0.1, 0.15) is 30.8 Å². The third kappa shape index (κ3) is 6.22. The molecule has 0 spiro atoms. The summed E-state index contributed by atoms with van der Waals surface area (Å²) in [5.74, 6) is 1.42. The fraction of sp³-hybridized carbons (Fsp3) is 0.111. The van der Waals surface area contributed by atoms with Crippen molar-refractivity contribution in [3.63, 3.8) is 0 Å². The molecule has 0 bridgehead atoms. The molecule has 0 aliphatic carbocycles. The first-order valence-electron chi connectivity index (χ1n) is 10.2.